The largest absolute Gasteiger partial charge is 0.394 e. The Bertz CT molecular complexity index is 1710. The topological polar surface area (TPSA) is 118 Å². The van der Waals surface area contributed by atoms with E-state index in [-0.39, 0.29) is 48.8 Å². The smallest absolute Gasteiger partial charge is 0.271 e. The number of ether oxygens (including phenoxy) is 1. The highest BCUT2D eigenvalue weighted by Crippen LogP contribution is 2.38. The number of carbonyl (C=O) groups is 1. The second-order valence-corrected chi connectivity index (χ2v) is 13.2. The van der Waals surface area contributed by atoms with E-state index in [0.717, 1.165) is 27.6 Å². The Morgan fingerprint density at radius 1 is 1.14 bits per heavy atom. The molecule has 1 aliphatic rings. The summed E-state index contributed by atoms with van der Waals surface area (Å²) in [5.41, 5.74) is 4.34. The van der Waals surface area contributed by atoms with Crippen molar-refractivity contribution in [2.45, 2.75) is 51.3 Å². The minimum Gasteiger partial charge on any atom is -0.394 e. The molecule has 1 N–H and O–H groups in total. The Labute approximate surface area is 246 Å². The molecule has 1 amide bonds. The lowest BCUT2D eigenvalue weighted by Crippen LogP contribution is -2.48. The fraction of sp³-hybridized carbons (Fsp3) is 0.419. The molecule has 0 aliphatic carbocycles. The molecule has 5 rings (SSSR count). The van der Waals surface area contributed by atoms with Crippen molar-refractivity contribution in [3.8, 4) is 11.1 Å². The number of carbonyl (C=O) groups excluding carboxylic acids is 1. The summed E-state index contributed by atoms with van der Waals surface area (Å²) in [6.07, 6.45) is -0.572. The number of aromatic nitrogens is 2. The Balaban J connectivity index is 1.62. The van der Waals surface area contributed by atoms with Crippen molar-refractivity contribution >= 4 is 26.8 Å². The molecule has 0 fully saturated rings. The van der Waals surface area contributed by atoms with Crippen LogP contribution in [0.15, 0.2) is 57.9 Å². The van der Waals surface area contributed by atoms with E-state index in [1.807, 2.05) is 74.0 Å². The summed E-state index contributed by atoms with van der Waals surface area (Å²) < 4.78 is 42.0. The van der Waals surface area contributed by atoms with Crippen LogP contribution in [-0.2, 0) is 28.4 Å². The van der Waals surface area contributed by atoms with Gasteiger partial charge in [0.15, 0.2) is 5.76 Å². The predicted octanol–water partition coefficient (Wildman–Crippen LogP) is 4.13. The quantitative estimate of drug-likeness (QED) is 0.357. The van der Waals surface area contributed by atoms with Gasteiger partial charge in [0, 0.05) is 49.6 Å². The summed E-state index contributed by atoms with van der Waals surface area (Å²) in [4.78, 5) is 16.2. The van der Waals surface area contributed by atoms with Crippen LogP contribution in [0.1, 0.15) is 41.4 Å². The molecule has 3 heterocycles. The maximum atomic E-state index is 14.5. The molecule has 0 unspecified atom stereocenters. The van der Waals surface area contributed by atoms with E-state index >= 15 is 0 Å². The second-order valence-electron chi connectivity index (χ2n) is 11.2. The molecular formula is C31H38N4O6S. The average Bonchev–Trinajstić information content (AvgIpc) is 3.47. The summed E-state index contributed by atoms with van der Waals surface area (Å²) in [5, 5.41) is 15.0. The molecule has 4 aromatic rings. The van der Waals surface area contributed by atoms with Crippen LogP contribution >= 0.6 is 0 Å². The lowest BCUT2D eigenvalue weighted by atomic mass is 9.96. The van der Waals surface area contributed by atoms with Crippen molar-refractivity contribution in [2.24, 2.45) is 13.0 Å². The molecule has 0 saturated heterocycles. The van der Waals surface area contributed by atoms with Crippen molar-refractivity contribution in [2.75, 3.05) is 26.7 Å². The van der Waals surface area contributed by atoms with Gasteiger partial charge in [0.25, 0.3) is 5.91 Å². The van der Waals surface area contributed by atoms with Gasteiger partial charge in [0.2, 0.25) is 10.0 Å². The van der Waals surface area contributed by atoms with Crippen LogP contribution in [0.5, 0.6) is 0 Å². The minimum atomic E-state index is -3.92. The van der Waals surface area contributed by atoms with Crippen LogP contribution in [-0.4, -0.2) is 77.3 Å². The van der Waals surface area contributed by atoms with Crippen LogP contribution < -0.4 is 0 Å². The van der Waals surface area contributed by atoms with Crippen molar-refractivity contribution < 1.29 is 27.6 Å². The van der Waals surface area contributed by atoms with Crippen LogP contribution in [0, 0.1) is 19.8 Å². The average molecular weight is 595 g/mol. The summed E-state index contributed by atoms with van der Waals surface area (Å²) in [6.45, 7) is 7.22. The number of likely N-dealkylation sites (N-methyl/N-ethyl adjacent to an activating group) is 1. The Morgan fingerprint density at radius 3 is 2.52 bits per heavy atom. The van der Waals surface area contributed by atoms with Crippen LogP contribution in [0.3, 0.4) is 0 Å². The van der Waals surface area contributed by atoms with Crippen molar-refractivity contribution in [1.29, 1.82) is 0 Å². The summed E-state index contributed by atoms with van der Waals surface area (Å²) in [6, 6.07) is 15.3. The third-order valence-electron chi connectivity index (χ3n) is 8.30. The van der Waals surface area contributed by atoms with Crippen molar-refractivity contribution in [3.63, 3.8) is 0 Å². The van der Waals surface area contributed by atoms with Gasteiger partial charge < -0.3 is 23.8 Å². The Kier molecular flexibility index (Phi) is 8.30. The third-order valence-corrected chi connectivity index (χ3v) is 10.4. The number of nitrogens with zero attached hydrogens (tertiary/aromatic N) is 4. The number of aryl methyl sites for hydroxylation is 3. The highest BCUT2D eigenvalue weighted by atomic mass is 32.2. The number of aliphatic hydroxyl groups excluding tert-OH is 1. The van der Waals surface area contributed by atoms with Crippen LogP contribution in [0.2, 0.25) is 0 Å². The van der Waals surface area contributed by atoms with Crippen molar-refractivity contribution in [3.05, 3.63) is 71.2 Å². The lowest BCUT2D eigenvalue weighted by Gasteiger charge is -2.34. The maximum absolute atomic E-state index is 14.5. The summed E-state index contributed by atoms with van der Waals surface area (Å²) >= 11 is 0. The van der Waals surface area contributed by atoms with Crippen LogP contribution in [0.25, 0.3) is 22.0 Å². The van der Waals surface area contributed by atoms with Gasteiger partial charge in [0.1, 0.15) is 16.3 Å². The molecule has 2 aromatic carbocycles. The van der Waals surface area contributed by atoms with E-state index < -0.39 is 22.2 Å². The molecule has 11 heteroatoms. The van der Waals surface area contributed by atoms with Gasteiger partial charge in [-0.3, -0.25) is 4.79 Å². The first-order valence-electron chi connectivity index (χ1n) is 14.1. The number of para-hydroxylation sites is 1. The number of benzene rings is 2. The molecule has 2 aromatic heterocycles. The summed E-state index contributed by atoms with van der Waals surface area (Å²) in [5.74, 6) is -0.263. The molecule has 0 spiro atoms. The second kappa shape index (κ2) is 11.6. The number of fused-ring (bicyclic) bond motifs is 5. The summed E-state index contributed by atoms with van der Waals surface area (Å²) in [7, 11) is -0.521. The molecule has 0 saturated carbocycles. The van der Waals surface area contributed by atoms with E-state index in [2.05, 4.69) is 5.16 Å². The third kappa shape index (κ3) is 5.15. The Morgan fingerprint density at radius 2 is 1.83 bits per heavy atom. The number of aliphatic hydroxyl groups is 1. The minimum absolute atomic E-state index is 0.0428. The molecule has 1 aliphatic heterocycles. The van der Waals surface area contributed by atoms with E-state index in [1.165, 1.54) is 11.4 Å². The number of hydrogen-bond donors (Lipinski definition) is 1. The van der Waals surface area contributed by atoms with Gasteiger partial charge in [-0.15, -0.1) is 0 Å². The first-order valence-corrected chi connectivity index (χ1v) is 15.5. The zero-order chi connectivity index (χ0) is 30.3. The first kappa shape index (κ1) is 30.0. The van der Waals surface area contributed by atoms with Gasteiger partial charge in [0.05, 0.1) is 25.4 Å². The van der Waals surface area contributed by atoms with Gasteiger partial charge in [-0.25, -0.2) is 8.42 Å². The van der Waals surface area contributed by atoms with Crippen LogP contribution in [0.4, 0.5) is 0 Å². The van der Waals surface area contributed by atoms with Crippen molar-refractivity contribution in [1.82, 2.24) is 18.9 Å². The molecule has 224 valence electrons. The van der Waals surface area contributed by atoms with Gasteiger partial charge in [-0.2, -0.15) is 4.31 Å². The number of rotatable bonds is 6. The fourth-order valence-electron chi connectivity index (χ4n) is 5.88. The maximum Gasteiger partial charge on any atom is 0.271 e. The van der Waals surface area contributed by atoms with Gasteiger partial charge in [-0.05, 0) is 38.0 Å². The molecular weight excluding hydrogens is 556 g/mol. The zero-order valence-electron chi connectivity index (χ0n) is 24.9. The van der Waals surface area contributed by atoms with E-state index in [9.17, 15) is 18.3 Å². The molecule has 42 heavy (non-hydrogen) atoms. The highest BCUT2D eigenvalue weighted by molar-refractivity contribution is 7.89. The van der Waals surface area contributed by atoms with E-state index in [4.69, 9.17) is 9.26 Å². The first-order chi connectivity index (χ1) is 20.0. The highest BCUT2D eigenvalue weighted by Gasteiger charge is 2.36. The van der Waals surface area contributed by atoms with E-state index in [1.54, 1.807) is 18.7 Å². The SMILES string of the molecule is Cc1noc(C)c1S(=O)(=O)N(C)C[C@H]1OCc2ccccc2-c2c(n(C)c3ccccc23)C(=O)N([C@@H](C)CO)C[C@H]1C. The fourth-order valence-corrected chi connectivity index (χ4v) is 7.34. The normalized spacial score (nSPS) is 19.0. The lowest BCUT2D eigenvalue weighted by molar-refractivity contribution is -0.0147. The van der Waals surface area contributed by atoms with E-state index in [0.29, 0.717) is 11.4 Å². The predicted molar refractivity (Wildman–Crippen MR) is 159 cm³/mol. The monoisotopic (exact) mass is 594 g/mol. The molecule has 0 bridgehead atoms. The molecule has 3 atom stereocenters. The van der Waals surface area contributed by atoms with Gasteiger partial charge >= 0.3 is 0 Å². The van der Waals surface area contributed by atoms with Gasteiger partial charge in [-0.1, -0.05) is 54.5 Å². The number of amides is 1. The Hall–Kier alpha value is -3.51. The number of sulfonamides is 1. The number of hydrogen-bond acceptors (Lipinski definition) is 7. The molecule has 0 radical (unpaired) electrons. The zero-order valence-corrected chi connectivity index (χ0v) is 25.7. The molecule has 10 nitrogen and oxygen atoms in total. The standard InChI is InChI=1S/C31H38N4O6S/c1-19-15-35(20(2)17-36)31(37)29-28(25-13-9-10-14-26(25)34(29)6)24-12-8-7-11-23(24)18-40-27(19)16-33(5)42(38,39)30-21(3)32-41-22(30)4/h7-14,19-20,27,36H,15-18H2,1-6H3/t19-,20+,27-/m1/s1.